The van der Waals surface area contributed by atoms with Gasteiger partial charge in [-0.25, -0.2) is 4.79 Å². The summed E-state index contributed by atoms with van der Waals surface area (Å²) < 4.78 is 17.4. The van der Waals surface area contributed by atoms with E-state index < -0.39 is 52.0 Å². The largest absolute Gasteiger partial charge is 0.459 e. The number of β-lactam (4-membered cyclic amide) rings is 1. The minimum Gasteiger partial charge on any atom is -0.459 e. The van der Waals surface area contributed by atoms with Gasteiger partial charge in [-0.05, 0) is 31.5 Å². The highest BCUT2D eigenvalue weighted by atomic mass is 32.2. The van der Waals surface area contributed by atoms with E-state index in [2.05, 4.69) is 5.09 Å². The first-order valence-corrected chi connectivity index (χ1v) is 12.5. The van der Waals surface area contributed by atoms with Gasteiger partial charge in [0.05, 0.1) is 41.9 Å². The SMILES string of the molecule is C[PH+](C)N[C@@H]1C(=O)N2[C@@H]1S(=O)C(C)(C)[C@@H]2C(=O)OCc1ccc([N+](=O)[O-])cc1. The molecule has 9 nitrogen and oxygen atoms in total. The second-order valence-electron chi connectivity index (χ2n) is 7.59. The zero-order valence-electron chi connectivity index (χ0n) is 16.0. The molecule has 1 amide bonds. The second kappa shape index (κ2) is 7.50. The van der Waals surface area contributed by atoms with Crippen LogP contribution < -0.4 is 5.09 Å². The van der Waals surface area contributed by atoms with Crippen molar-refractivity contribution in [1.82, 2.24) is 9.99 Å². The van der Waals surface area contributed by atoms with Gasteiger partial charge < -0.3 is 9.64 Å². The van der Waals surface area contributed by atoms with Crippen molar-refractivity contribution in [3.05, 3.63) is 39.9 Å². The Morgan fingerprint density at radius 3 is 2.50 bits per heavy atom. The molecule has 1 aromatic carbocycles. The Balaban J connectivity index is 1.71. The Labute approximate surface area is 166 Å². The topological polar surface area (TPSA) is 119 Å². The Bertz CT molecular complexity index is 844. The molecule has 3 rings (SSSR count). The van der Waals surface area contributed by atoms with Crippen molar-refractivity contribution in [2.24, 2.45) is 0 Å². The molecule has 28 heavy (non-hydrogen) atoms. The summed E-state index contributed by atoms with van der Waals surface area (Å²) >= 11 is 0. The molecular formula is C17H23N3O6PS+. The Morgan fingerprint density at radius 1 is 1.36 bits per heavy atom. The summed E-state index contributed by atoms with van der Waals surface area (Å²) in [5, 5.41) is 13.4. The van der Waals surface area contributed by atoms with Crippen LogP contribution in [0.2, 0.25) is 0 Å². The number of hydrogen-bond acceptors (Lipinski definition) is 7. The smallest absolute Gasteiger partial charge is 0.330 e. The van der Waals surface area contributed by atoms with Gasteiger partial charge in [-0.3, -0.25) is 19.1 Å². The van der Waals surface area contributed by atoms with Gasteiger partial charge in [0.25, 0.3) is 5.69 Å². The fraction of sp³-hybridized carbons (Fsp3) is 0.529. The monoisotopic (exact) mass is 428 g/mol. The van der Waals surface area contributed by atoms with Gasteiger partial charge in [0, 0.05) is 12.1 Å². The lowest BCUT2D eigenvalue weighted by Crippen LogP contribution is -2.70. The van der Waals surface area contributed by atoms with Crippen LogP contribution in [0.15, 0.2) is 24.3 Å². The summed E-state index contributed by atoms with van der Waals surface area (Å²) in [7, 11) is -2.33. The number of non-ortho nitro benzene ring substituents is 1. The predicted molar refractivity (Wildman–Crippen MR) is 107 cm³/mol. The molecule has 2 heterocycles. The molecule has 0 bridgehead atoms. The minimum absolute atomic E-state index is 0.0530. The predicted octanol–water partition coefficient (Wildman–Crippen LogP) is 1.06. The number of benzene rings is 1. The van der Waals surface area contributed by atoms with E-state index in [1.807, 2.05) is 13.3 Å². The minimum atomic E-state index is -1.41. The summed E-state index contributed by atoms with van der Waals surface area (Å²) in [5.74, 6) is -0.850. The van der Waals surface area contributed by atoms with Gasteiger partial charge in [-0.15, -0.1) is 0 Å². The summed E-state index contributed by atoms with van der Waals surface area (Å²) in [4.78, 5) is 36.9. The molecule has 1 N–H and O–H groups in total. The standard InChI is InChI=1S/C17H22N3O6PS/c1-17(2)13(19-14(21)12(18-27(3)4)15(19)28(17)25)16(22)26-9-10-5-7-11(8-6-10)20(23)24/h5-8,12-13,15,18H,9H2,1-4H3/p+1/t12-,13+,15-,28?/m1/s1. The Hall–Kier alpha value is -1.90. The van der Waals surface area contributed by atoms with E-state index in [9.17, 15) is 23.9 Å². The lowest BCUT2D eigenvalue weighted by atomic mass is 9.96. The number of carbonyl (C=O) groups excluding carboxylic acids is 2. The summed E-state index contributed by atoms with van der Waals surface area (Å²) in [5.41, 5.74) is 0.536. The van der Waals surface area contributed by atoms with Crippen molar-refractivity contribution in [2.45, 2.75) is 42.7 Å². The van der Waals surface area contributed by atoms with Crippen LogP contribution in [0.25, 0.3) is 0 Å². The maximum atomic E-state index is 12.9. The Morgan fingerprint density at radius 2 is 1.96 bits per heavy atom. The number of hydrogen-bond donors (Lipinski definition) is 1. The summed E-state index contributed by atoms with van der Waals surface area (Å²) in [6.45, 7) is 7.32. The van der Waals surface area contributed by atoms with Gasteiger partial charge >= 0.3 is 5.97 Å². The molecule has 4 atom stereocenters. The highest BCUT2D eigenvalue weighted by molar-refractivity contribution is 7.87. The molecule has 0 aromatic heterocycles. The van der Waals surface area contributed by atoms with Gasteiger partial charge in [-0.2, -0.15) is 5.09 Å². The Kier molecular flexibility index (Phi) is 5.58. The average Bonchev–Trinajstić information content (AvgIpc) is 2.82. The van der Waals surface area contributed by atoms with E-state index in [0.717, 1.165) is 0 Å². The maximum absolute atomic E-state index is 12.9. The second-order valence-corrected chi connectivity index (χ2v) is 12.0. The zero-order valence-corrected chi connectivity index (χ0v) is 17.8. The van der Waals surface area contributed by atoms with E-state index in [1.54, 1.807) is 13.8 Å². The van der Waals surface area contributed by atoms with E-state index in [1.165, 1.54) is 29.2 Å². The third-order valence-electron chi connectivity index (χ3n) is 4.95. The molecule has 0 saturated carbocycles. The van der Waals surface area contributed by atoms with Crippen molar-refractivity contribution in [1.29, 1.82) is 0 Å². The molecule has 0 spiro atoms. The number of nitrogens with zero attached hydrogens (tertiary/aromatic N) is 2. The molecule has 1 aromatic rings. The quantitative estimate of drug-likeness (QED) is 0.237. The van der Waals surface area contributed by atoms with Crippen LogP contribution >= 0.6 is 8.07 Å². The van der Waals surface area contributed by atoms with Crippen LogP contribution in [0.4, 0.5) is 5.69 Å². The molecule has 2 aliphatic rings. The van der Waals surface area contributed by atoms with Crippen LogP contribution in [0.5, 0.6) is 0 Å². The fourth-order valence-corrected chi connectivity index (χ4v) is 6.47. The third-order valence-corrected chi connectivity index (χ3v) is 8.04. The number of nitro benzene ring substituents is 1. The number of ether oxygens (including phenoxy) is 1. The van der Waals surface area contributed by atoms with Crippen molar-refractivity contribution in [3.63, 3.8) is 0 Å². The lowest BCUT2D eigenvalue weighted by molar-refractivity contribution is -0.384. The number of amides is 1. The first kappa shape index (κ1) is 20.8. The van der Waals surface area contributed by atoms with E-state index in [4.69, 9.17) is 4.74 Å². The zero-order chi connectivity index (χ0) is 20.8. The normalized spacial score (nSPS) is 28.0. The molecule has 2 saturated heterocycles. The highest BCUT2D eigenvalue weighted by Gasteiger charge is 2.68. The third kappa shape index (κ3) is 3.44. The van der Waals surface area contributed by atoms with Crippen LogP contribution in [0.1, 0.15) is 19.4 Å². The molecule has 11 heteroatoms. The van der Waals surface area contributed by atoms with Crippen molar-refractivity contribution >= 4 is 36.4 Å². The highest BCUT2D eigenvalue weighted by Crippen LogP contribution is 2.45. The summed E-state index contributed by atoms with van der Waals surface area (Å²) in [6, 6.07) is 4.23. The number of esters is 1. The first-order chi connectivity index (χ1) is 13.1. The molecular weight excluding hydrogens is 405 g/mol. The number of nitrogens with one attached hydrogen (secondary N) is 1. The number of fused-ring (bicyclic) bond motifs is 1. The van der Waals surface area contributed by atoms with Gasteiger partial charge in [0.1, 0.15) is 18.0 Å². The van der Waals surface area contributed by atoms with Crippen LogP contribution in [0.3, 0.4) is 0 Å². The van der Waals surface area contributed by atoms with Gasteiger partial charge in [0.15, 0.2) is 6.04 Å². The molecule has 0 radical (unpaired) electrons. The van der Waals surface area contributed by atoms with Crippen molar-refractivity contribution in [3.8, 4) is 0 Å². The molecule has 2 aliphatic heterocycles. The maximum Gasteiger partial charge on any atom is 0.330 e. The average molecular weight is 428 g/mol. The van der Waals surface area contributed by atoms with Crippen LogP contribution in [-0.2, 0) is 31.7 Å². The molecule has 0 aliphatic carbocycles. The van der Waals surface area contributed by atoms with Gasteiger partial charge in [-0.1, -0.05) is 0 Å². The van der Waals surface area contributed by atoms with E-state index in [-0.39, 0.29) is 18.2 Å². The molecule has 2 fully saturated rings. The van der Waals surface area contributed by atoms with E-state index >= 15 is 0 Å². The molecule has 152 valence electrons. The van der Waals surface area contributed by atoms with Crippen molar-refractivity contribution in [2.75, 3.05) is 13.3 Å². The van der Waals surface area contributed by atoms with Crippen molar-refractivity contribution < 1.29 is 23.5 Å². The summed E-state index contributed by atoms with van der Waals surface area (Å²) in [6.07, 6.45) is 0. The van der Waals surface area contributed by atoms with E-state index in [0.29, 0.717) is 5.56 Å². The van der Waals surface area contributed by atoms with Crippen LogP contribution in [-0.4, -0.2) is 61.4 Å². The fourth-order valence-electron chi connectivity index (χ4n) is 3.53. The van der Waals surface area contributed by atoms with Crippen LogP contribution in [0, 0.1) is 10.1 Å². The first-order valence-electron chi connectivity index (χ1n) is 8.75. The lowest BCUT2D eigenvalue weighted by Gasteiger charge is -2.42. The number of nitro groups is 1. The van der Waals surface area contributed by atoms with Gasteiger partial charge in [0.2, 0.25) is 5.91 Å². The number of rotatable bonds is 6. The number of carbonyl (C=O) groups is 2. The molecule has 1 unspecified atom stereocenters.